The quantitative estimate of drug-likeness (QED) is 0.549. The minimum absolute atomic E-state index is 0.0352. The second-order valence-electron chi connectivity index (χ2n) is 8.41. The molecule has 1 aromatic carbocycles. The van der Waals surface area contributed by atoms with Crippen molar-refractivity contribution in [2.24, 2.45) is 0 Å². The maximum Gasteiger partial charge on any atom is 0.252 e. The Morgan fingerprint density at radius 1 is 1.06 bits per heavy atom. The van der Waals surface area contributed by atoms with Gasteiger partial charge in [-0.05, 0) is 24.3 Å². The predicted molar refractivity (Wildman–Crippen MR) is 113 cm³/mol. The second-order valence-corrected chi connectivity index (χ2v) is 8.41. The van der Waals surface area contributed by atoms with E-state index >= 15 is 0 Å². The summed E-state index contributed by atoms with van der Waals surface area (Å²) in [6.45, 7) is 1.20. The fourth-order valence-corrected chi connectivity index (χ4v) is 4.27. The number of alkyl halides is 2. The fraction of sp³-hybridized carbons (Fsp3) is 0.391. The number of nitrogens with one attached hydrogen (secondary N) is 1. The highest BCUT2D eigenvalue weighted by Crippen LogP contribution is 2.41. The number of pyridine rings is 2. The molecule has 32 heavy (non-hydrogen) atoms. The fourth-order valence-electron chi connectivity index (χ4n) is 4.27. The molecule has 1 saturated heterocycles. The number of anilines is 2. The van der Waals surface area contributed by atoms with E-state index in [4.69, 9.17) is 9.72 Å². The van der Waals surface area contributed by atoms with Gasteiger partial charge in [-0.3, -0.25) is 4.98 Å². The van der Waals surface area contributed by atoms with Gasteiger partial charge in [0.15, 0.2) is 17.4 Å². The number of halogens is 4. The number of aromatic nitrogens is 2. The molecule has 0 atom stereocenters. The third kappa shape index (κ3) is 4.28. The lowest BCUT2D eigenvalue weighted by Gasteiger charge is -2.38. The Labute approximate surface area is 182 Å². The number of piperidine rings is 1. The van der Waals surface area contributed by atoms with Crippen LogP contribution in [0.4, 0.5) is 29.1 Å². The zero-order valence-electron chi connectivity index (χ0n) is 17.2. The Bertz CT molecular complexity index is 1130. The van der Waals surface area contributed by atoms with E-state index in [1.54, 1.807) is 12.4 Å². The summed E-state index contributed by atoms with van der Waals surface area (Å²) < 4.78 is 59.4. The van der Waals surface area contributed by atoms with E-state index in [1.165, 1.54) is 12.1 Å². The number of nitrogens with zero attached hydrogens (tertiary/aromatic N) is 3. The number of ether oxygens (including phenoxy) is 1. The molecule has 0 unspecified atom stereocenters. The monoisotopic (exact) mass is 446 g/mol. The van der Waals surface area contributed by atoms with Gasteiger partial charge >= 0.3 is 0 Å². The summed E-state index contributed by atoms with van der Waals surface area (Å²) in [5.41, 5.74) is 1.44. The van der Waals surface area contributed by atoms with E-state index in [0.717, 1.165) is 17.0 Å². The Morgan fingerprint density at radius 2 is 1.84 bits per heavy atom. The third-order valence-electron chi connectivity index (χ3n) is 5.98. The molecule has 5 rings (SSSR count). The van der Waals surface area contributed by atoms with Gasteiger partial charge < -0.3 is 15.0 Å². The van der Waals surface area contributed by atoms with E-state index in [0.29, 0.717) is 37.4 Å². The highest BCUT2D eigenvalue weighted by Gasteiger charge is 2.45. The summed E-state index contributed by atoms with van der Waals surface area (Å²) in [6, 6.07) is 6.73. The first-order chi connectivity index (χ1) is 15.4. The highest BCUT2D eigenvalue weighted by atomic mass is 19.3. The van der Waals surface area contributed by atoms with Crippen LogP contribution in [0.3, 0.4) is 0 Å². The molecule has 0 spiro atoms. The van der Waals surface area contributed by atoms with E-state index in [1.807, 2.05) is 12.1 Å². The molecule has 168 valence electrons. The lowest BCUT2D eigenvalue weighted by atomic mass is 9.88. The molecule has 5 nitrogen and oxygen atoms in total. The van der Waals surface area contributed by atoms with Gasteiger partial charge in [-0.25, -0.2) is 22.5 Å². The lowest BCUT2D eigenvalue weighted by molar-refractivity contribution is -0.0793. The molecule has 3 heterocycles. The molecule has 9 heteroatoms. The zero-order valence-corrected chi connectivity index (χ0v) is 17.2. The predicted octanol–water partition coefficient (Wildman–Crippen LogP) is 5.17. The van der Waals surface area contributed by atoms with Crippen LogP contribution in [0, 0.1) is 11.6 Å². The van der Waals surface area contributed by atoms with Gasteiger partial charge in [0.1, 0.15) is 11.9 Å². The second kappa shape index (κ2) is 8.11. The smallest absolute Gasteiger partial charge is 0.252 e. The summed E-state index contributed by atoms with van der Waals surface area (Å²) >= 11 is 0. The van der Waals surface area contributed by atoms with E-state index in [-0.39, 0.29) is 30.7 Å². The largest absolute Gasteiger partial charge is 0.487 e. The Balaban J connectivity index is 1.32. The van der Waals surface area contributed by atoms with Crippen LogP contribution in [-0.2, 0) is 0 Å². The molecule has 0 bridgehead atoms. The van der Waals surface area contributed by atoms with Crippen LogP contribution in [0.1, 0.15) is 25.7 Å². The first-order valence-electron chi connectivity index (χ1n) is 10.6. The number of fused-ring (bicyclic) bond motifs is 1. The van der Waals surface area contributed by atoms with E-state index in [2.05, 4.69) is 15.2 Å². The van der Waals surface area contributed by atoms with Crippen molar-refractivity contribution in [1.29, 1.82) is 0 Å². The Morgan fingerprint density at radius 3 is 2.56 bits per heavy atom. The van der Waals surface area contributed by atoms with Crippen LogP contribution < -0.4 is 15.0 Å². The molecular formula is C23H22F4N4O. The van der Waals surface area contributed by atoms with Gasteiger partial charge in [0.25, 0.3) is 5.92 Å². The van der Waals surface area contributed by atoms with Gasteiger partial charge in [0.2, 0.25) is 0 Å². The van der Waals surface area contributed by atoms with Gasteiger partial charge in [0, 0.05) is 62.5 Å². The van der Waals surface area contributed by atoms with Crippen molar-refractivity contribution in [3.05, 3.63) is 54.4 Å². The van der Waals surface area contributed by atoms with Crippen LogP contribution in [0.15, 0.2) is 42.7 Å². The molecule has 2 aliphatic rings. The molecule has 1 saturated carbocycles. The molecule has 2 aromatic heterocycles. The van der Waals surface area contributed by atoms with Crippen molar-refractivity contribution in [2.75, 3.05) is 23.3 Å². The lowest BCUT2D eigenvalue weighted by Crippen LogP contribution is -2.45. The molecule has 0 radical (unpaired) electrons. The van der Waals surface area contributed by atoms with Crippen LogP contribution in [0.25, 0.3) is 10.9 Å². The first kappa shape index (κ1) is 20.8. The molecular weight excluding hydrogens is 424 g/mol. The summed E-state index contributed by atoms with van der Waals surface area (Å²) in [6.07, 6.45) is 3.97. The van der Waals surface area contributed by atoms with Gasteiger partial charge in [0.05, 0.1) is 17.4 Å². The molecule has 1 N–H and O–H groups in total. The molecule has 3 aromatic rings. The highest BCUT2D eigenvalue weighted by molar-refractivity contribution is 5.86. The average Bonchev–Trinajstić information content (AvgIpc) is 2.74. The minimum atomic E-state index is -2.61. The zero-order chi connectivity index (χ0) is 22.3. The number of hydrogen-bond acceptors (Lipinski definition) is 5. The third-order valence-corrected chi connectivity index (χ3v) is 5.98. The van der Waals surface area contributed by atoms with Crippen molar-refractivity contribution < 1.29 is 22.3 Å². The maximum atomic E-state index is 13.9. The maximum absolute atomic E-state index is 13.9. The standard InChI is InChI=1S/C23H22F4N4O/c24-15-1-2-21(18(25)10-15)32-17-4-7-31(8-5-17)22-19(29-16-11-23(26,27)12-16)9-14-3-6-28-13-20(14)30-22/h1-3,6,9-10,13,16-17,29H,4-5,7-8,11-12H2. The van der Waals surface area contributed by atoms with Crippen molar-refractivity contribution >= 4 is 22.4 Å². The van der Waals surface area contributed by atoms with Gasteiger partial charge in [-0.2, -0.15) is 0 Å². The summed E-state index contributed by atoms with van der Waals surface area (Å²) in [7, 11) is 0. The number of rotatable bonds is 5. The van der Waals surface area contributed by atoms with E-state index in [9.17, 15) is 17.6 Å². The average molecular weight is 446 g/mol. The van der Waals surface area contributed by atoms with Gasteiger partial charge in [-0.1, -0.05) is 0 Å². The summed E-state index contributed by atoms with van der Waals surface area (Å²) in [5, 5.41) is 4.11. The van der Waals surface area contributed by atoms with E-state index < -0.39 is 17.6 Å². The van der Waals surface area contributed by atoms with Crippen LogP contribution in [0.2, 0.25) is 0 Å². The SMILES string of the molecule is Fc1ccc(OC2CCN(c3nc4cnccc4cc3NC3CC(F)(F)C3)CC2)c(F)c1. The van der Waals surface area contributed by atoms with Crippen molar-refractivity contribution in [3.8, 4) is 5.75 Å². The number of benzene rings is 1. The number of hydrogen-bond donors (Lipinski definition) is 1. The molecule has 1 aliphatic heterocycles. The first-order valence-corrected chi connectivity index (χ1v) is 10.6. The Kier molecular flexibility index (Phi) is 5.27. The van der Waals surface area contributed by atoms with Gasteiger partial charge in [-0.15, -0.1) is 0 Å². The summed E-state index contributed by atoms with van der Waals surface area (Å²) in [4.78, 5) is 11.0. The van der Waals surface area contributed by atoms with Crippen LogP contribution >= 0.6 is 0 Å². The van der Waals surface area contributed by atoms with Crippen molar-refractivity contribution in [1.82, 2.24) is 9.97 Å². The van der Waals surface area contributed by atoms with Crippen LogP contribution in [-0.4, -0.2) is 41.1 Å². The van der Waals surface area contributed by atoms with Crippen LogP contribution in [0.5, 0.6) is 5.75 Å². The minimum Gasteiger partial charge on any atom is -0.487 e. The molecule has 1 aliphatic carbocycles. The summed E-state index contributed by atoms with van der Waals surface area (Å²) in [5.74, 6) is -3.26. The molecule has 2 fully saturated rings. The van der Waals surface area contributed by atoms with Crippen molar-refractivity contribution in [3.63, 3.8) is 0 Å². The molecule has 0 amide bonds. The topological polar surface area (TPSA) is 50.3 Å². The van der Waals surface area contributed by atoms with Crippen molar-refractivity contribution in [2.45, 2.75) is 43.8 Å². The normalized spacial score (nSPS) is 19.1. The Hall–Kier alpha value is -3.10.